The smallest absolute Gasteiger partial charge is 0.119 e. The molecule has 0 unspecified atom stereocenters. The SMILES string of the molecule is CCC(CC)=C(c1ccccc1)c1ccc(OCCN(C)C)cc1.Cl. The lowest BCUT2D eigenvalue weighted by Crippen LogP contribution is -2.19. The molecule has 0 atom stereocenters. The van der Waals surface area contributed by atoms with Gasteiger partial charge in [-0.2, -0.15) is 0 Å². The van der Waals surface area contributed by atoms with Crippen LogP contribution in [0, 0.1) is 0 Å². The number of halogens is 1. The largest absolute Gasteiger partial charge is 0.492 e. The first-order valence-corrected chi connectivity index (χ1v) is 8.81. The molecule has 0 radical (unpaired) electrons. The van der Waals surface area contributed by atoms with Gasteiger partial charge >= 0.3 is 0 Å². The van der Waals surface area contributed by atoms with Gasteiger partial charge in [0.2, 0.25) is 0 Å². The van der Waals surface area contributed by atoms with Gasteiger partial charge in [-0.1, -0.05) is 61.9 Å². The Kier molecular flexibility index (Phi) is 9.33. The molecule has 0 spiro atoms. The number of rotatable bonds is 8. The molecule has 0 bridgehead atoms. The average molecular weight is 360 g/mol. The summed E-state index contributed by atoms with van der Waals surface area (Å²) in [6, 6.07) is 19.2. The van der Waals surface area contributed by atoms with E-state index in [1.807, 2.05) is 0 Å². The Labute approximate surface area is 158 Å². The van der Waals surface area contributed by atoms with Crippen LogP contribution in [0.15, 0.2) is 60.2 Å². The molecule has 0 aliphatic rings. The van der Waals surface area contributed by atoms with Crippen LogP contribution in [0.3, 0.4) is 0 Å². The van der Waals surface area contributed by atoms with Crippen LogP contribution in [0.25, 0.3) is 5.57 Å². The Balaban J connectivity index is 0.00000312. The van der Waals surface area contributed by atoms with E-state index < -0.39 is 0 Å². The van der Waals surface area contributed by atoms with Crippen LogP contribution in [-0.2, 0) is 0 Å². The van der Waals surface area contributed by atoms with Crippen molar-refractivity contribution in [2.45, 2.75) is 26.7 Å². The summed E-state index contributed by atoms with van der Waals surface area (Å²) in [5.74, 6) is 0.933. The fourth-order valence-electron chi connectivity index (χ4n) is 2.85. The summed E-state index contributed by atoms with van der Waals surface area (Å²) in [5, 5.41) is 0. The predicted octanol–water partition coefficient (Wildman–Crippen LogP) is 5.67. The molecule has 0 N–H and O–H groups in total. The van der Waals surface area contributed by atoms with Gasteiger partial charge in [0.05, 0.1) is 0 Å². The molecule has 0 saturated heterocycles. The Bertz CT molecular complexity index is 641. The Hall–Kier alpha value is -1.77. The van der Waals surface area contributed by atoms with Crippen LogP contribution in [0.1, 0.15) is 37.8 Å². The fraction of sp³-hybridized carbons (Fsp3) is 0.364. The zero-order valence-electron chi connectivity index (χ0n) is 15.8. The molecule has 2 aromatic carbocycles. The first-order valence-electron chi connectivity index (χ1n) is 8.81. The molecule has 25 heavy (non-hydrogen) atoms. The van der Waals surface area contributed by atoms with Gasteiger partial charge in [0.15, 0.2) is 0 Å². The highest BCUT2D eigenvalue weighted by atomic mass is 35.5. The predicted molar refractivity (Wildman–Crippen MR) is 111 cm³/mol. The van der Waals surface area contributed by atoms with Crippen LogP contribution in [0.2, 0.25) is 0 Å². The molecular formula is C22H30ClNO. The van der Waals surface area contributed by atoms with E-state index in [0.717, 1.165) is 25.1 Å². The van der Waals surface area contributed by atoms with Gasteiger partial charge in [0.1, 0.15) is 12.4 Å². The van der Waals surface area contributed by atoms with Crippen molar-refractivity contribution in [3.05, 3.63) is 71.3 Å². The second-order valence-electron chi connectivity index (χ2n) is 6.23. The molecule has 2 rings (SSSR count). The number of allylic oxidation sites excluding steroid dienone is 1. The third kappa shape index (κ3) is 6.22. The molecule has 0 aliphatic carbocycles. The third-order valence-electron chi connectivity index (χ3n) is 4.22. The summed E-state index contributed by atoms with van der Waals surface area (Å²) in [6.45, 7) is 6.11. The van der Waals surface area contributed by atoms with Crippen molar-refractivity contribution in [3.63, 3.8) is 0 Å². The summed E-state index contributed by atoms with van der Waals surface area (Å²) in [4.78, 5) is 2.12. The van der Waals surface area contributed by atoms with E-state index in [0.29, 0.717) is 6.61 Å². The van der Waals surface area contributed by atoms with Crippen LogP contribution in [0.4, 0.5) is 0 Å². The minimum Gasteiger partial charge on any atom is -0.492 e. The van der Waals surface area contributed by atoms with Crippen LogP contribution >= 0.6 is 12.4 Å². The van der Waals surface area contributed by atoms with Gasteiger partial charge in [-0.3, -0.25) is 0 Å². The maximum atomic E-state index is 5.81. The van der Waals surface area contributed by atoms with Gasteiger partial charge in [-0.15, -0.1) is 12.4 Å². The monoisotopic (exact) mass is 359 g/mol. The Morgan fingerprint density at radius 1 is 0.840 bits per heavy atom. The second-order valence-corrected chi connectivity index (χ2v) is 6.23. The van der Waals surface area contributed by atoms with E-state index in [2.05, 4.69) is 87.4 Å². The van der Waals surface area contributed by atoms with Gasteiger partial charge in [-0.25, -0.2) is 0 Å². The molecule has 0 heterocycles. The van der Waals surface area contributed by atoms with Crippen molar-refractivity contribution in [1.82, 2.24) is 4.90 Å². The summed E-state index contributed by atoms with van der Waals surface area (Å²) in [7, 11) is 4.11. The minimum atomic E-state index is 0. The highest BCUT2D eigenvalue weighted by Gasteiger charge is 2.10. The third-order valence-corrected chi connectivity index (χ3v) is 4.22. The molecule has 0 saturated carbocycles. The zero-order chi connectivity index (χ0) is 17.4. The first-order chi connectivity index (χ1) is 11.7. The van der Waals surface area contributed by atoms with Crippen LogP contribution in [-0.4, -0.2) is 32.1 Å². The highest BCUT2D eigenvalue weighted by Crippen LogP contribution is 2.31. The van der Waals surface area contributed by atoms with E-state index in [1.54, 1.807) is 0 Å². The summed E-state index contributed by atoms with van der Waals surface area (Å²) < 4.78 is 5.81. The van der Waals surface area contributed by atoms with Crippen molar-refractivity contribution in [3.8, 4) is 5.75 Å². The normalized spacial score (nSPS) is 10.3. The van der Waals surface area contributed by atoms with Gasteiger partial charge < -0.3 is 9.64 Å². The summed E-state index contributed by atoms with van der Waals surface area (Å²) >= 11 is 0. The lowest BCUT2D eigenvalue weighted by Gasteiger charge is -2.15. The van der Waals surface area contributed by atoms with E-state index in [1.165, 1.54) is 22.3 Å². The molecular weight excluding hydrogens is 330 g/mol. The minimum absolute atomic E-state index is 0. The van der Waals surface area contributed by atoms with Gasteiger partial charge in [0, 0.05) is 6.54 Å². The first kappa shape index (κ1) is 21.3. The van der Waals surface area contributed by atoms with E-state index in [9.17, 15) is 0 Å². The number of hydrogen-bond donors (Lipinski definition) is 0. The van der Waals surface area contributed by atoms with Crippen molar-refractivity contribution >= 4 is 18.0 Å². The van der Waals surface area contributed by atoms with Crippen molar-refractivity contribution < 1.29 is 4.74 Å². The van der Waals surface area contributed by atoms with Gasteiger partial charge in [0.25, 0.3) is 0 Å². The number of likely N-dealkylation sites (N-methyl/N-ethyl adjacent to an activating group) is 1. The van der Waals surface area contributed by atoms with E-state index in [-0.39, 0.29) is 12.4 Å². The number of hydrogen-bond acceptors (Lipinski definition) is 2. The zero-order valence-corrected chi connectivity index (χ0v) is 16.6. The van der Waals surface area contributed by atoms with Crippen molar-refractivity contribution in [2.24, 2.45) is 0 Å². The molecule has 2 nitrogen and oxygen atoms in total. The number of benzene rings is 2. The Morgan fingerprint density at radius 3 is 1.92 bits per heavy atom. The summed E-state index contributed by atoms with van der Waals surface area (Å²) in [6.07, 6.45) is 2.14. The maximum absolute atomic E-state index is 5.81. The van der Waals surface area contributed by atoms with Gasteiger partial charge in [-0.05, 0) is 55.8 Å². The van der Waals surface area contributed by atoms with E-state index in [4.69, 9.17) is 4.74 Å². The lowest BCUT2D eigenvalue weighted by molar-refractivity contribution is 0.261. The Morgan fingerprint density at radius 2 is 1.40 bits per heavy atom. The maximum Gasteiger partial charge on any atom is 0.119 e. The number of nitrogens with zero attached hydrogens (tertiary/aromatic N) is 1. The molecule has 0 aliphatic heterocycles. The van der Waals surface area contributed by atoms with E-state index >= 15 is 0 Å². The lowest BCUT2D eigenvalue weighted by atomic mass is 9.90. The van der Waals surface area contributed by atoms with Crippen molar-refractivity contribution in [2.75, 3.05) is 27.2 Å². The highest BCUT2D eigenvalue weighted by molar-refractivity contribution is 5.85. The topological polar surface area (TPSA) is 12.5 Å². The average Bonchev–Trinajstić information content (AvgIpc) is 2.61. The summed E-state index contributed by atoms with van der Waals surface area (Å²) in [5.41, 5.74) is 5.40. The van der Waals surface area contributed by atoms with Crippen LogP contribution < -0.4 is 4.74 Å². The molecule has 0 amide bonds. The standard InChI is InChI=1S/C22H29NO.ClH/c1-5-18(6-2)22(19-10-8-7-9-11-19)20-12-14-21(15-13-20)24-17-16-23(3)4;/h7-15H,5-6,16-17H2,1-4H3;1H. The quantitative estimate of drug-likeness (QED) is 0.602. The molecule has 136 valence electrons. The second kappa shape index (κ2) is 11.0. The van der Waals surface area contributed by atoms with Crippen LogP contribution in [0.5, 0.6) is 5.75 Å². The molecule has 0 fully saturated rings. The molecule has 0 aromatic heterocycles. The molecule has 3 heteroatoms. The number of ether oxygens (including phenoxy) is 1. The fourth-order valence-corrected chi connectivity index (χ4v) is 2.85. The van der Waals surface area contributed by atoms with Crippen molar-refractivity contribution in [1.29, 1.82) is 0 Å². The molecule has 2 aromatic rings.